The van der Waals surface area contributed by atoms with Crippen LogP contribution in [0.5, 0.6) is 5.75 Å². The van der Waals surface area contributed by atoms with Crippen molar-refractivity contribution in [2.75, 3.05) is 7.11 Å². The fourth-order valence-corrected chi connectivity index (χ4v) is 2.66. The molecule has 0 saturated carbocycles. The van der Waals surface area contributed by atoms with Gasteiger partial charge >= 0.3 is 0 Å². The molecular weight excluding hydrogens is 319 g/mol. The van der Waals surface area contributed by atoms with E-state index in [-0.39, 0.29) is 5.82 Å². The largest absolute Gasteiger partial charge is 0.497 e. The van der Waals surface area contributed by atoms with Crippen LogP contribution in [0.2, 0.25) is 0 Å². The Labute approximate surface area is 144 Å². The second-order valence-electron chi connectivity index (χ2n) is 5.51. The number of aromatic nitrogens is 2. The van der Waals surface area contributed by atoms with Crippen LogP contribution < -0.4 is 4.74 Å². The molecule has 0 unspecified atom stereocenters. The molecule has 0 atom stereocenters. The Morgan fingerprint density at radius 3 is 2.40 bits per heavy atom. The van der Waals surface area contributed by atoms with Gasteiger partial charge in [-0.2, -0.15) is 5.10 Å². The first-order chi connectivity index (χ1) is 12.2. The number of halogens is 1. The average Bonchev–Trinajstić information content (AvgIpc) is 3.32. The molecule has 0 bridgehead atoms. The van der Waals surface area contributed by atoms with Crippen molar-refractivity contribution in [2.24, 2.45) is 0 Å². The summed E-state index contributed by atoms with van der Waals surface area (Å²) in [4.78, 5) is 0. The molecule has 0 spiro atoms. The summed E-state index contributed by atoms with van der Waals surface area (Å²) in [7, 11) is 1.63. The van der Waals surface area contributed by atoms with Gasteiger partial charge < -0.3 is 9.15 Å². The third kappa shape index (κ3) is 2.92. The third-order valence-corrected chi connectivity index (χ3v) is 3.94. The molecule has 0 amide bonds. The fourth-order valence-electron chi connectivity index (χ4n) is 2.66. The maximum absolute atomic E-state index is 13.2. The Morgan fingerprint density at radius 2 is 1.76 bits per heavy atom. The van der Waals surface area contributed by atoms with E-state index in [9.17, 15) is 4.39 Å². The van der Waals surface area contributed by atoms with E-state index in [1.54, 1.807) is 30.2 Å². The minimum absolute atomic E-state index is 0.274. The Kier molecular flexibility index (Phi) is 3.82. The van der Waals surface area contributed by atoms with Crippen LogP contribution in [-0.4, -0.2) is 16.9 Å². The average molecular weight is 334 g/mol. The molecule has 0 N–H and O–H groups in total. The van der Waals surface area contributed by atoms with Gasteiger partial charge in [-0.05, 0) is 66.7 Å². The van der Waals surface area contributed by atoms with Crippen LogP contribution in [0.25, 0.3) is 28.4 Å². The van der Waals surface area contributed by atoms with Gasteiger partial charge in [0.25, 0.3) is 0 Å². The molecule has 5 heteroatoms. The number of hydrogen-bond donors (Lipinski definition) is 0. The summed E-state index contributed by atoms with van der Waals surface area (Å²) in [6.45, 7) is 0. The quantitative estimate of drug-likeness (QED) is 0.530. The van der Waals surface area contributed by atoms with Crippen molar-refractivity contribution in [3.63, 3.8) is 0 Å². The molecule has 124 valence electrons. The number of rotatable bonds is 4. The van der Waals surface area contributed by atoms with Gasteiger partial charge in [-0.25, -0.2) is 9.07 Å². The molecule has 0 radical (unpaired) electrons. The van der Waals surface area contributed by atoms with Crippen molar-refractivity contribution in [3.05, 3.63) is 78.8 Å². The SMILES string of the molecule is COc1ccc(-n2nc(-c3ccc(F)cc3)cc2-c2ccco2)cc1. The van der Waals surface area contributed by atoms with Gasteiger partial charge in [-0.3, -0.25) is 0 Å². The molecule has 0 aliphatic rings. The van der Waals surface area contributed by atoms with Crippen LogP contribution in [0.15, 0.2) is 77.4 Å². The second kappa shape index (κ2) is 6.28. The van der Waals surface area contributed by atoms with Gasteiger partial charge in [-0.1, -0.05) is 0 Å². The van der Waals surface area contributed by atoms with Crippen LogP contribution in [0.1, 0.15) is 0 Å². The minimum Gasteiger partial charge on any atom is -0.497 e. The van der Waals surface area contributed by atoms with Gasteiger partial charge in [-0.15, -0.1) is 0 Å². The highest BCUT2D eigenvalue weighted by Crippen LogP contribution is 2.29. The molecule has 4 nitrogen and oxygen atoms in total. The predicted molar refractivity (Wildman–Crippen MR) is 93.2 cm³/mol. The van der Waals surface area contributed by atoms with E-state index in [1.807, 2.05) is 42.5 Å². The van der Waals surface area contributed by atoms with Gasteiger partial charge in [0.15, 0.2) is 5.76 Å². The number of methoxy groups -OCH3 is 1. The van der Waals surface area contributed by atoms with Crippen molar-refractivity contribution < 1.29 is 13.5 Å². The van der Waals surface area contributed by atoms with E-state index >= 15 is 0 Å². The summed E-state index contributed by atoms with van der Waals surface area (Å²) in [5.41, 5.74) is 3.26. The van der Waals surface area contributed by atoms with Crippen molar-refractivity contribution in [2.45, 2.75) is 0 Å². The van der Waals surface area contributed by atoms with E-state index in [0.717, 1.165) is 28.4 Å². The van der Waals surface area contributed by atoms with Crippen LogP contribution >= 0.6 is 0 Å². The van der Waals surface area contributed by atoms with Crippen LogP contribution in [0.3, 0.4) is 0 Å². The highest BCUT2D eigenvalue weighted by molar-refractivity contribution is 5.68. The molecule has 0 fully saturated rings. The van der Waals surface area contributed by atoms with Crippen molar-refractivity contribution in [1.82, 2.24) is 9.78 Å². The number of nitrogens with zero attached hydrogens (tertiary/aromatic N) is 2. The maximum Gasteiger partial charge on any atom is 0.152 e. The lowest BCUT2D eigenvalue weighted by molar-refractivity contribution is 0.414. The second-order valence-corrected chi connectivity index (χ2v) is 5.51. The fraction of sp³-hybridized carbons (Fsp3) is 0.0500. The van der Waals surface area contributed by atoms with Crippen LogP contribution in [0.4, 0.5) is 4.39 Å². The summed E-state index contributed by atoms with van der Waals surface area (Å²) >= 11 is 0. The van der Waals surface area contributed by atoms with Crippen molar-refractivity contribution in [3.8, 4) is 34.1 Å². The molecule has 0 aliphatic heterocycles. The monoisotopic (exact) mass is 334 g/mol. The highest BCUT2D eigenvalue weighted by Gasteiger charge is 2.15. The predicted octanol–water partition coefficient (Wildman–Crippen LogP) is 4.95. The molecule has 25 heavy (non-hydrogen) atoms. The zero-order valence-electron chi connectivity index (χ0n) is 13.5. The highest BCUT2D eigenvalue weighted by atomic mass is 19.1. The van der Waals surface area contributed by atoms with Gasteiger partial charge in [0, 0.05) is 5.56 Å². The lowest BCUT2D eigenvalue weighted by atomic mass is 10.1. The summed E-state index contributed by atoms with van der Waals surface area (Å²) in [6.07, 6.45) is 1.62. The van der Waals surface area contributed by atoms with Crippen LogP contribution in [0, 0.1) is 5.82 Å². The number of furan rings is 1. The Morgan fingerprint density at radius 1 is 1.00 bits per heavy atom. The summed E-state index contributed by atoms with van der Waals surface area (Å²) in [5.74, 6) is 1.20. The van der Waals surface area contributed by atoms with Gasteiger partial charge in [0.05, 0.1) is 24.8 Å². The number of ether oxygens (including phenoxy) is 1. The van der Waals surface area contributed by atoms with Crippen molar-refractivity contribution >= 4 is 0 Å². The molecule has 2 aromatic carbocycles. The van der Waals surface area contributed by atoms with Gasteiger partial charge in [0.1, 0.15) is 17.3 Å². The Balaban J connectivity index is 1.84. The van der Waals surface area contributed by atoms with Crippen molar-refractivity contribution in [1.29, 1.82) is 0 Å². The standard InChI is InChI=1S/C20H15FN2O2/c1-24-17-10-8-16(9-11-17)23-19(20-3-2-12-25-20)13-18(22-23)14-4-6-15(21)7-5-14/h2-13H,1H3. The van der Waals surface area contributed by atoms with E-state index < -0.39 is 0 Å². The van der Waals surface area contributed by atoms with E-state index in [1.165, 1.54) is 12.1 Å². The zero-order chi connectivity index (χ0) is 17.2. The third-order valence-electron chi connectivity index (χ3n) is 3.94. The number of benzene rings is 2. The van der Waals surface area contributed by atoms with Crippen LogP contribution in [-0.2, 0) is 0 Å². The molecule has 2 aromatic heterocycles. The lowest BCUT2D eigenvalue weighted by Crippen LogP contribution is -1.99. The maximum atomic E-state index is 13.2. The summed E-state index contributed by atoms with van der Waals surface area (Å²) in [6, 6.07) is 19.5. The van der Waals surface area contributed by atoms with E-state index in [4.69, 9.17) is 9.15 Å². The molecule has 0 aliphatic carbocycles. The molecular formula is C20H15FN2O2. The first-order valence-corrected chi connectivity index (χ1v) is 7.79. The first kappa shape index (κ1) is 15.2. The lowest BCUT2D eigenvalue weighted by Gasteiger charge is -2.06. The topological polar surface area (TPSA) is 40.2 Å². The van der Waals surface area contributed by atoms with E-state index in [0.29, 0.717) is 5.76 Å². The first-order valence-electron chi connectivity index (χ1n) is 7.79. The summed E-state index contributed by atoms with van der Waals surface area (Å²) in [5, 5.41) is 4.69. The minimum atomic E-state index is -0.274. The molecule has 0 saturated heterocycles. The molecule has 4 rings (SSSR count). The van der Waals surface area contributed by atoms with E-state index in [2.05, 4.69) is 5.10 Å². The number of hydrogen-bond acceptors (Lipinski definition) is 3. The normalized spacial score (nSPS) is 10.8. The summed E-state index contributed by atoms with van der Waals surface area (Å²) < 4.78 is 25.8. The smallest absolute Gasteiger partial charge is 0.152 e. The molecule has 2 heterocycles. The van der Waals surface area contributed by atoms with Gasteiger partial charge in [0.2, 0.25) is 0 Å². The zero-order valence-corrected chi connectivity index (χ0v) is 13.5. The molecule has 4 aromatic rings. The Bertz CT molecular complexity index is 972. The Hall–Kier alpha value is -3.34.